The van der Waals surface area contributed by atoms with Crippen molar-refractivity contribution in [2.45, 2.75) is 95.4 Å². The number of hydrogen-bond donors (Lipinski definition) is 1. The third-order valence-corrected chi connectivity index (χ3v) is 7.25. The molecule has 1 spiro atoms. The molecule has 7 nitrogen and oxygen atoms in total. The van der Waals surface area contributed by atoms with E-state index >= 15 is 0 Å². The van der Waals surface area contributed by atoms with Crippen LogP contribution in [0, 0.1) is 0 Å². The number of fused-ring (bicyclic) bond motifs is 1. The van der Waals surface area contributed by atoms with Crippen molar-refractivity contribution in [3.05, 3.63) is 18.0 Å². The van der Waals surface area contributed by atoms with Crippen molar-refractivity contribution in [1.82, 2.24) is 14.8 Å². The third-order valence-electron chi connectivity index (χ3n) is 7.25. The molecule has 0 amide bonds. The van der Waals surface area contributed by atoms with Crippen LogP contribution in [0.4, 0.5) is 5.69 Å². The lowest BCUT2D eigenvalue weighted by Gasteiger charge is -2.34. The third kappa shape index (κ3) is 3.57. The molecule has 30 heavy (non-hydrogen) atoms. The van der Waals surface area contributed by atoms with Gasteiger partial charge in [-0.05, 0) is 45.4 Å². The minimum absolute atomic E-state index is 0.172. The zero-order valence-corrected chi connectivity index (χ0v) is 18.2. The Balaban J connectivity index is 1.45. The number of aromatic nitrogens is 3. The molecule has 7 heteroatoms. The van der Waals surface area contributed by atoms with Crippen LogP contribution in [0.3, 0.4) is 0 Å². The molecule has 0 aromatic carbocycles. The summed E-state index contributed by atoms with van der Waals surface area (Å²) in [5.41, 5.74) is 4.00. The first-order chi connectivity index (χ1) is 14.7. The number of nitrogens with zero attached hydrogens (tertiary/aromatic N) is 4. The Morgan fingerprint density at radius 2 is 1.97 bits per heavy atom. The van der Waals surface area contributed by atoms with Crippen molar-refractivity contribution in [3.8, 4) is 0 Å². The average Bonchev–Trinajstić information content (AvgIpc) is 3.40. The van der Waals surface area contributed by atoms with Crippen molar-refractivity contribution >= 4 is 22.4 Å². The van der Waals surface area contributed by atoms with Gasteiger partial charge in [-0.15, -0.1) is 0 Å². The second kappa shape index (κ2) is 8.17. The summed E-state index contributed by atoms with van der Waals surface area (Å²) in [5.74, 6) is 0. The Labute approximate surface area is 178 Å². The standard InChI is InChI=1S/C23H33N5O2/c1-3-28-22-19(15-25-28)21(26-16-7-5-4-6-8-16)18(14-24-22)20-13-23(30-27-20)11-9-17(29-2)10-12-23/h14-17H,3-13H2,1-2H3,(H,24,26). The lowest BCUT2D eigenvalue weighted by molar-refractivity contribution is -0.0744. The Bertz CT molecular complexity index is 923. The Hall–Kier alpha value is -2.15. The summed E-state index contributed by atoms with van der Waals surface area (Å²) in [5, 5.41) is 14.1. The van der Waals surface area contributed by atoms with Crippen LogP contribution < -0.4 is 5.32 Å². The van der Waals surface area contributed by atoms with Crippen molar-refractivity contribution in [3.63, 3.8) is 0 Å². The molecule has 0 saturated heterocycles. The molecule has 0 unspecified atom stereocenters. The lowest BCUT2D eigenvalue weighted by Crippen LogP contribution is -2.36. The van der Waals surface area contributed by atoms with Gasteiger partial charge in [-0.2, -0.15) is 5.10 Å². The van der Waals surface area contributed by atoms with Gasteiger partial charge in [0.15, 0.2) is 5.65 Å². The molecule has 162 valence electrons. The van der Waals surface area contributed by atoms with Crippen molar-refractivity contribution in [2.75, 3.05) is 12.4 Å². The highest BCUT2D eigenvalue weighted by Gasteiger charge is 2.43. The molecule has 1 N–H and O–H groups in total. The highest BCUT2D eigenvalue weighted by Crippen LogP contribution is 2.42. The molecule has 0 radical (unpaired) electrons. The zero-order valence-electron chi connectivity index (χ0n) is 18.2. The van der Waals surface area contributed by atoms with Crippen molar-refractivity contribution in [2.24, 2.45) is 5.16 Å². The molecule has 3 aliphatic rings. The Morgan fingerprint density at radius 1 is 1.17 bits per heavy atom. The topological polar surface area (TPSA) is 73.6 Å². The monoisotopic (exact) mass is 411 g/mol. The molecule has 5 rings (SSSR count). The maximum absolute atomic E-state index is 6.08. The summed E-state index contributed by atoms with van der Waals surface area (Å²) in [7, 11) is 1.81. The normalized spacial score (nSPS) is 27.4. The Kier molecular flexibility index (Phi) is 5.39. The zero-order chi connectivity index (χ0) is 20.6. The van der Waals surface area contributed by atoms with Crippen LogP contribution in [0.15, 0.2) is 17.5 Å². The maximum Gasteiger partial charge on any atom is 0.159 e. The molecule has 3 heterocycles. The predicted octanol–water partition coefficient (Wildman–Crippen LogP) is 4.65. The van der Waals surface area contributed by atoms with Crippen LogP contribution >= 0.6 is 0 Å². The first-order valence-corrected chi connectivity index (χ1v) is 11.6. The van der Waals surface area contributed by atoms with E-state index in [1.807, 2.05) is 17.1 Å². The first kappa shape index (κ1) is 19.8. The Morgan fingerprint density at radius 3 is 2.70 bits per heavy atom. The van der Waals surface area contributed by atoms with Crippen molar-refractivity contribution < 1.29 is 9.57 Å². The minimum Gasteiger partial charge on any atom is -0.389 e. The van der Waals surface area contributed by atoms with Crippen LogP contribution in [0.5, 0.6) is 0 Å². The first-order valence-electron chi connectivity index (χ1n) is 11.6. The van der Waals surface area contributed by atoms with E-state index in [0.717, 1.165) is 66.6 Å². The summed E-state index contributed by atoms with van der Waals surface area (Å²) in [6.07, 6.45) is 15.6. The number of ether oxygens (including phenoxy) is 1. The van der Waals surface area contributed by atoms with Crippen LogP contribution in [0.1, 0.15) is 76.7 Å². The van der Waals surface area contributed by atoms with Gasteiger partial charge in [0.1, 0.15) is 5.60 Å². The number of anilines is 1. The van der Waals surface area contributed by atoms with Crippen LogP contribution in [0.2, 0.25) is 0 Å². The fraction of sp³-hybridized carbons (Fsp3) is 0.696. The van der Waals surface area contributed by atoms with Crippen molar-refractivity contribution in [1.29, 1.82) is 0 Å². The van der Waals surface area contributed by atoms with Gasteiger partial charge in [-0.3, -0.25) is 0 Å². The lowest BCUT2D eigenvalue weighted by atomic mass is 9.79. The van der Waals surface area contributed by atoms with Gasteiger partial charge in [-0.1, -0.05) is 24.4 Å². The summed E-state index contributed by atoms with van der Waals surface area (Å²) < 4.78 is 7.51. The highest BCUT2D eigenvalue weighted by molar-refractivity contribution is 6.10. The number of pyridine rings is 1. The van der Waals surface area contributed by atoms with Crippen LogP contribution in [-0.2, 0) is 16.1 Å². The minimum atomic E-state index is -0.172. The van der Waals surface area contributed by atoms with E-state index in [-0.39, 0.29) is 5.60 Å². The van der Waals surface area contributed by atoms with E-state index in [9.17, 15) is 0 Å². The molecule has 2 aliphatic carbocycles. The second-order valence-electron chi connectivity index (χ2n) is 9.15. The van der Waals surface area contributed by atoms with E-state index in [1.165, 1.54) is 32.1 Å². The quantitative estimate of drug-likeness (QED) is 0.775. The molecule has 2 aromatic rings. The van der Waals surface area contributed by atoms with E-state index in [2.05, 4.69) is 22.5 Å². The van der Waals surface area contributed by atoms with Gasteiger partial charge in [0.2, 0.25) is 0 Å². The number of rotatable bonds is 5. The number of nitrogens with one attached hydrogen (secondary N) is 1. The molecule has 0 bridgehead atoms. The van der Waals surface area contributed by atoms with Gasteiger partial charge in [0.25, 0.3) is 0 Å². The second-order valence-corrected chi connectivity index (χ2v) is 9.15. The van der Waals surface area contributed by atoms with Gasteiger partial charge in [0, 0.05) is 37.9 Å². The maximum atomic E-state index is 6.08. The largest absolute Gasteiger partial charge is 0.389 e. The van der Waals surface area contributed by atoms with E-state index in [0.29, 0.717) is 12.1 Å². The van der Waals surface area contributed by atoms with Gasteiger partial charge in [-0.25, -0.2) is 9.67 Å². The summed E-state index contributed by atoms with van der Waals surface area (Å²) in [4.78, 5) is 10.9. The number of methoxy groups -OCH3 is 1. The highest BCUT2D eigenvalue weighted by atomic mass is 16.7. The van der Waals surface area contributed by atoms with Gasteiger partial charge >= 0.3 is 0 Å². The number of aryl methyl sites for hydroxylation is 1. The van der Waals surface area contributed by atoms with Gasteiger partial charge in [0.05, 0.1) is 29.1 Å². The molecular weight excluding hydrogens is 378 g/mol. The van der Waals surface area contributed by atoms with E-state index in [1.54, 1.807) is 7.11 Å². The summed E-state index contributed by atoms with van der Waals surface area (Å²) >= 11 is 0. The summed E-state index contributed by atoms with van der Waals surface area (Å²) in [6, 6.07) is 0.502. The summed E-state index contributed by atoms with van der Waals surface area (Å²) in [6.45, 7) is 2.91. The smallest absolute Gasteiger partial charge is 0.159 e. The predicted molar refractivity (Wildman–Crippen MR) is 118 cm³/mol. The molecule has 2 saturated carbocycles. The van der Waals surface area contributed by atoms with E-state index < -0.39 is 0 Å². The fourth-order valence-corrected chi connectivity index (χ4v) is 5.37. The molecule has 0 atom stereocenters. The van der Waals surface area contributed by atoms with Gasteiger partial charge < -0.3 is 14.9 Å². The van der Waals surface area contributed by atoms with Crippen LogP contribution in [0.25, 0.3) is 11.0 Å². The number of hydrogen-bond acceptors (Lipinski definition) is 6. The number of oxime groups is 1. The van der Waals surface area contributed by atoms with Crippen LogP contribution in [-0.4, -0.2) is 45.3 Å². The molecule has 2 aromatic heterocycles. The molecule has 2 fully saturated rings. The SMILES string of the molecule is CCn1ncc2c(NC3CCCCC3)c(C3=NOC4(CCC(OC)CC4)C3)cnc21. The molecule has 1 aliphatic heterocycles. The fourth-order valence-electron chi connectivity index (χ4n) is 5.37. The van der Waals surface area contributed by atoms with E-state index in [4.69, 9.17) is 14.6 Å². The average molecular weight is 412 g/mol. The molecular formula is C23H33N5O2.